The topological polar surface area (TPSA) is 77.2 Å². The van der Waals surface area contributed by atoms with Gasteiger partial charge in [0.05, 0.1) is 18.4 Å². The summed E-state index contributed by atoms with van der Waals surface area (Å²) in [4.78, 5) is 12.0. The summed E-state index contributed by atoms with van der Waals surface area (Å²) in [5, 5.41) is 10.1. The van der Waals surface area contributed by atoms with Gasteiger partial charge < -0.3 is 14.5 Å². The van der Waals surface area contributed by atoms with Crippen molar-refractivity contribution in [2.75, 3.05) is 12.4 Å². The van der Waals surface area contributed by atoms with Gasteiger partial charge in [-0.2, -0.15) is 13.2 Å². The van der Waals surface area contributed by atoms with E-state index in [1.54, 1.807) is 24.3 Å². The van der Waals surface area contributed by atoms with E-state index in [1.165, 1.54) is 25.3 Å². The van der Waals surface area contributed by atoms with Crippen molar-refractivity contribution in [3.63, 3.8) is 0 Å². The second kappa shape index (κ2) is 8.12. The molecule has 0 saturated heterocycles. The van der Waals surface area contributed by atoms with Crippen LogP contribution < -0.4 is 10.1 Å². The zero-order chi connectivity index (χ0) is 20.1. The van der Waals surface area contributed by atoms with Crippen LogP contribution in [0.1, 0.15) is 17.9 Å². The van der Waals surface area contributed by atoms with Gasteiger partial charge in [0.2, 0.25) is 17.7 Å². The van der Waals surface area contributed by atoms with Gasteiger partial charge in [0.15, 0.2) is 0 Å². The first-order valence-corrected chi connectivity index (χ1v) is 8.29. The third-order valence-electron chi connectivity index (χ3n) is 3.86. The van der Waals surface area contributed by atoms with Gasteiger partial charge in [0.25, 0.3) is 0 Å². The van der Waals surface area contributed by atoms with E-state index in [0.717, 1.165) is 6.07 Å². The number of carbonyl (C=O) groups is 1. The Morgan fingerprint density at radius 2 is 1.93 bits per heavy atom. The molecule has 1 aromatic heterocycles. The van der Waals surface area contributed by atoms with Crippen molar-refractivity contribution >= 4 is 11.6 Å². The van der Waals surface area contributed by atoms with E-state index < -0.39 is 17.6 Å². The first kappa shape index (κ1) is 19.4. The van der Waals surface area contributed by atoms with Crippen molar-refractivity contribution in [3.8, 4) is 17.2 Å². The molecule has 0 aliphatic heterocycles. The molecule has 146 valence electrons. The molecule has 0 bridgehead atoms. The molecule has 1 heterocycles. The van der Waals surface area contributed by atoms with Crippen LogP contribution >= 0.6 is 0 Å². The van der Waals surface area contributed by atoms with Crippen LogP contribution in [0.15, 0.2) is 52.9 Å². The number of aryl methyl sites for hydroxylation is 1. The molecular weight excluding hydrogens is 375 g/mol. The zero-order valence-corrected chi connectivity index (χ0v) is 14.8. The third kappa shape index (κ3) is 4.67. The number of benzene rings is 2. The molecule has 0 unspecified atom stereocenters. The van der Waals surface area contributed by atoms with E-state index in [4.69, 9.17) is 9.15 Å². The van der Waals surface area contributed by atoms with E-state index in [2.05, 4.69) is 15.5 Å². The monoisotopic (exact) mass is 391 g/mol. The lowest BCUT2D eigenvalue weighted by atomic mass is 10.1. The van der Waals surface area contributed by atoms with Crippen molar-refractivity contribution in [2.45, 2.75) is 19.0 Å². The highest BCUT2D eigenvalue weighted by atomic mass is 19.4. The molecule has 0 fully saturated rings. The highest BCUT2D eigenvalue weighted by Crippen LogP contribution is 2.34. The summed E-state index contributed by atoms with van der Waals surface area (Å²) >= 11 is 0. The number of nitrogens with zero attached hydrogens (tertiary/aromatic N) is 2. The first-order valence-electron chi connectivity index (χ1n) is 8.29. The smallest absolute Gasteiger partial charge is 0.418 e. The average molecular weight is 391 g/mol. The summed E-state index contributed by atoms with van der Waals surface area (Å²) in [5.74, 6) is 0.506. The van der Waals surface area contributed by atoms with Gasteiger partial charge in [0, 0.05) is 18.4 Å². The number of alkyl halides is 3. The number of nitrogens with one attached hydrogen (secondary N) is 1. The van der Waals surface area contributed by atoms with E-state index >= 15 is 0 Å². The third-order valence-corrected chi connectivity index (χ3v) is 3.86. The fourth-order valence-electron chi connectivity index (χ4n) is 2.50. The van der Waals surface area contributed by atoms with Crippen molar-refractivity contribution < 1.29 is 27.1 Å². The Morgan fingerprint density at radius 3 is 2.68 bits per heavy atom. The lowest BCUT2D eigenvalue weighted by Gasteiger charge is -2.13. The number of ether oxygens (including phenoxy) is 1. The molecule has 0 saturated carbocycles. The molecule has 0 aliphatic rings. The molecule has 2 aromatic carbocycles. The van der Waals surface area contributed by atoms with Gasteiger partial charge in [-0.1, -0.05) is 18.2 Å². The predicted molar refractivity (Wildman–Crippen MR) is 94.7 cm³/mol. The fraction of sp³-hybridized carbons (Fsp3) is 0.211. The van der Waals surface area contributed by atoms with Gasteiger partial charge in [0.1, 0.15) is 5.75 Å². The minimum Gasteiger partial charge on any atom is -0.497 e. The lowest BCUT2D eigenvalue weighted by molar-refractivity contribution is -0.137. The van der Waals surface area contributed by atoms with Crippen LogP contribution in [0, 0.1) is 0 Å². The van der Waals surface area contributed by atoms with Crippen LogP contribution in [0.5, 0.6) is 5.75 Å². The Balaban J connectivity index is 1.62. The molecular formula is C19H16F3N3O3. The number of carbonyl (C=O) groups excluding carboxylic acids is 1. The van der Waals surface area contributed by atoms with Crippen molar-refractivity contribution in [3.05, 3.63) is 60.0 Å². The molecule has 1 amide bonds. The van der Waals surface area contributed by atoms with Gasteiger partial charge >= 0.3 is 6.18 Å². The molecule has 6 nitrogen and oxygen atoms in total. The van der Waals surface area contributed by atoms with Crippen LogP contribution in [0.2, 0.25) is 0 Å². The molecule has 0 spiro atoms. The predicted octanol–water partition coefficient (Wildman–Crippen LogP) is 4.34. The maximum atomic E-state index is 13.0. The Hall–Kier alpha value is -3.36. The van der Waals surface area contributed by atoms with Gasteiger partial charge in [-0.15, -0.1) is 10.2 Å². The van der Waals surface area contributed by atoms with E-state index in [0.29, 0.717) is 11.3 Å². The van der Waals surface area contributed by atoms with Crippen molar-refractivity contribution in [2.24, 2.45) is 0 Å². The molecule has 1 N–H and O–H groups in total. The van der Waals surface area contributed by atoms with Crippen LogP contribution in [0.4, 0.5) is 18.9 Å². The molecule has 3 rings (SSSR count). The quantitative estimate of drug-likeness (QED) is 0.677. The summed E-state index contributed by atoms with van der Waals surface area (Å²) in [6.45, 7) is 0. The maximum Gasteiger partial charge on any atom is 0.418 e. The first-order chi connectivity index (χ1) is 13.4. The molecule has 0 atom stereocenters. The number of anilines is 1. The standard InChI is InChI=1S/C19H16F3N3O3/c1-27-13-6-4-5-12(11-13)18-25-24-17(28-18)10-9-16(26)23-15-8-3-2-7-14(15)19(20,21)22/h2-8,11H,9-10H2,1H3,(H,23,26). The summed E-state index contributed by atoms with van der Waals surface area (Å²) in [7, 11) is 1.54. The van der Waals surface area contributed by atoms with Crippen molar-refractivity contribution in [1.29, 1.82) is 0 Å². The number of aromatic nitrogens is 2. The molecule has 28 heavy (non-hydrogen) atoms. The number of hydrogen-bond donors (Lipinski definition) is 1. The molecule has 3 aromatic rings. The summed E-state index contributed by atoms with van der Waals surface area (Å²) in [6.07, 6.45) is -4.56. The number of para-hydroxylation sites is 1. The van der Waals surface area contributed by atoms with Crippen molar-refractivity contribution in [1.82, 2.24) is 10.2 Å². The Kier molecular flexibility index (Phi) is 5.62. The zero-order valence-electron chi connectivity index (χ0n) is 14.8. The van der Waals surface area contributed by atoms with Crippen LogP contribution in [-0.4, -0.2) is 23.2 Å². The highest BCUT2D eigenvalue weighted by Gasteiger charge is 2.33. The van der Waals surface area contributed by atoms with E-state index in [1.807, 2.05) is 0 Å². The van der Waals surface area contributed by atoms with Crippen LogP contribution in [0.25, 0.3) is 11.5 Å². The van der Waals surface area contributed by atoms with E-state index in [-0.39, 0.29) is 30.3 Å². The summed E-state index contributed by atoms with van der Waals surface area (Å²) in [6, 6.07) is 11.8. The average Bonchev–Trinajstić information content (AvgIpc) is 3.15. The highest BCUT2D eigenvalue weighted by molar-refractivity contribution is 5.91. The van der Waals surface area contributed by atoms with Crippen LogP contribution in [0.3, 0.4) is 0 Å². The number of halogens is 3. The number of amides is 1. The largest absolute Gasteiger partial charge is 0.497 e. The number of hydrogen-bond acceptors (Lipinski definition) is 5. The fourth-order valence-corrected chi connectivity index (χ4v) is 2.50. The summed E-state index contributed by atoms with van der Waals surface area (Å²) in [5.41, 5.74) is -0.536. The SMILES string of the molecule is COc1cccc(-c2nnc(CCC(=O)Nc3ccccc3C(F)(F)F)o2)c1. The Morgan fingerprint density at radius 1 is 1.14 bits per heavy atom. The van der Waals surface area contributed by atoms with Crippen LogP contribution in [-0.2, 0) is 17.4 Å². The number of rotatable bonds is 6. The van der Waals surface area contributed by atoms with E-state index in [9.17, 15) is 18.0 Å². The molecule has 0 radical (unpaired) electrons. The number of methoxy groups -OCH3 is 1. The lowest BCUT2D eigenvalue weighted by Crippen LogP contribution is -2.16. The molecule has 9 heteroatoms. The Bertz CT molecular complexity index is 970. The minimum absolute atomic E-state index is 0.0942. The van der Waals surface area contributed by atoms with Gasteiger partial charge in [-0.3, -0.25) is 4.79 Å². The second-order valence-electron chi connectivity index (χ2n) is 5.82. The van der Waals surface area contributed by atoms with Gasteiger partial charge in [-0.05, 0) is 30.3 Å². The second-order valence-corrected chi connectivity index (χ2v) is 5.82. The normalized spacial score (nSPS) is 11.3. The minimum atomic E-state index is -4.55. The van der Waals surface area contributed by atoms with Gasteiger partial charge in [-0.25, -0.2) is 0 Å². The molecule has 0 aliphatic carbocycles. The summed E-state index contributed by atoms with van der Waals surface area (Å²) < 4.78 is 49.6. The maximum absolute atomic E-state index is 13.0. The Labute approximate surface area is 158 Å².